The number of hydrogen-bond acceptors (Lipinski definition) is 3. The fourth-order valence-corrected chi connectivity index (χ4v) is 5.02. The molecule has 1 aliphatic carbocycles. The van der Waals surface area contributed by atoms with E-state index in [1.165, 1.54) is 4.90 Å². The topological polar surface area (TPSA) is 57.7 Å². The Morgan fingerprint density at radius 1 is 1.00 bits per heavy atom. The molecule has 0 N–H and O–H groups in total. The molecular formula is C17H28N2O3. The van der Waals surface area contributed by atoms with Crippen LogP contribution in [0.3, 0.4) is 0 Å². The van der Waals surface area contributed by atoms with Gasteiger partial charge in [0.2, 0.25) is 17.7 Å². The van der Waals surface area contributed by atoms with Crippen LogP contribution in [-0.4, -0.2) is 47.7 Å². The molecule has 1 saturated carbocycles. The number of carbonyl (C=O) groups is 3. The lowest BCUT2D eigenvalue weighted by Gasteiger charge is -2.56. The second-order valence-electron chi connectivity index (χ2n) is 7.86. The van der Waals surface area contributed by atoms with Crippen molar-refractivity contribution in [3.63, 3.8) is 0 Å². The van der Waals surface area contributed by atoms with Gasteiger partial charge in [0.1, 0.15) is 0 Å². The summed E-state index contributed by atoms with van der Waals surface area (Å²) in [5.41, 5.74) is -1.92. The van der Waals surface area contributed by atoms with E-state index < -0.39 is 16.2 Å². The first kappa shape index (κ1) is 17.0. The zero-order valence-electron chi connectivity index (χ0n) is 14.7. The minimum absolute atomic E-state index is 0.0693. The van der Waals surface area contributed by atoms with Crippen molar-refractivity contribution in [2.75, 3.05) is 20.1 Å². The van der Waals surface area contributed by atoms with E-state index in [-0.39, 0.29) is 17.7 Å². The van der Waals surface area contributed by atoms with E-state index in [9.17, 15) is 14.4 Å². The molecule has 0 aromatic carbocycles. The van der Waals surface area contributed by atoms with E-state index >= 15 is 0 Å². The molecule has 2 bridgehead atoms. The van der Waals surface area contributed by atoms with Crippen LogP contribution in [-0.2, 0) is 14.4 Å². The minimum atomic E-state index is -0.652. The summed E-state index contributed by atoms with van der Waals surface area (Å²) in [6.07, 6.45) is 1.58. The Kier molecular flexibility index (Phi) is 3.91. The molecule has 0 spiro atoms. The van der Waals surface area contributed by atoms with Gasteiger partial charge in [-0.3, -0.25) is 19.3 Å². The van der Waals surface area contributed by atoms with Crippen LogP contribution in [0, 0.1) is 16.2 Å². The predicted molar refractivity (Wildman–Crippen MR) is 83.9 cm³/mol. The van der Waals surface area contributed by atoms with Gasteiger partial charge in [-0.2, -0.15) is 0 Å². The Labute approximate surface area is 133 Å². The van der Waals surface area contributed by atoms with Crippen LogP contribution in [0.15, 0.2) is 0 Å². The van der Waals surface area contributed by atoms with E-state index in [0.717, 1.165) is 0 Å². The summed E-state index contributed by atoms with van der Waals surface area (Å²) in [4.78, 5) is 41.3. The highest BCUT2D eigenvalue weighted by Crippen LogP contribution is 2.58. The summed E-state index contributed by atoms with van der Waals surface area (Å²) < 4.78 is 0. The Hall–Kier alpha value is -1.39. The molecule has 124 valence electrons. The number of rotatable bonds is 3. The average Bonchev–Trinajstić information content (AvgIpc) is 2.43. The van der Waals surface area contributed by atoms with Gasteiger partial charge in [0.25, 0.3) is 0 Å². The molecule has 0 aromatic heterocycles. The fourth-order valence-electron chi connectivity index (χ4n) is 5.02. The lowest BCUT2D eigenvalue weighted by Crippen LogP contribution is -2.64. The third kappa shape index (κ3) is 2.25. The molecule has 1 heterocycles. The number of imide groups is 1. The highest BCUT2D eigenvalue weighted by molar-refractivity contribution is 6.04. The van der Waals surface area contributed by atoms with Crippen LogP contribution in [0.25, 0.3) is 0 Å². The smallest absolute Gasteiger partial charge is 0.234 e. The van der Waals surface area contributed by atoms with Gasteiger partial charge >= 0.3 is 0 Å². The molecule has 2 rings (SSSR count). The van der Waals surface area contributed by atoms with E-state index in [2.05, 4.69) is 0 Å². The number of fused-ring (bicyclic) bond motifs is 2. The van der Waals surface area contributed by atoms with E-state index in [0.29, 0.717) is 32.4 Å². The number of carbonyl (C=O) groups excluding carboxylic acids is 3. The summed E-state index contributed by atoms with van der Waals surface area (Å²) in [7, 11) is 1.56. The molecule has 2 unspecified atom stereocenters. The number of amides is 3. The Balaban J connectivity index is 2.45. The van der Waals surface area contributed by atoms with E-state index in [4.69, 9.17) is 0 Å². The summed E-state index contributed by atoms with van der Waals surface area (Å²) >= 11 is 0. The first-order valence-electron chi connectivity index (χ1n) is 8.15. The molecule has 5 heteroatoms. The Bertz CT molecular complexity index is 496. The summed E-state index contributed by atoms with van der Waals surface area (Å²) in [5, 5.41) is 0. The zero-order valence-corrected chi connectivity index (χ0v) is 14.7. The van der Waals surface area contributed by atoms with Gasteiger partial charge in [-0.05, 0) is 33.1 Å². The molecular weight excluding hydrogens is 280 g/mol. The third-order valence-corrected chi connectivity index (χ3v) is 5.55. The van der Waals surface area contributed by atoms with Crippen LogP contribution >= 0.6 is 0 Å². The molecule has 2 fully saturated rings. The maximum atomic E-state index is 13.0. The van der Waals surface area contributed by atoms with Crippen molar-refractivity contribution < 1.29 is 14.4 Å². The molecule has 22 heavy (non-hydrogen) atoms. The molecule has 3 amide bonds. The largest absolute Gasteiger partial charge is 0.343 e. The molecule has 0 aromatic rings. The monoisotopic (exact) mass is 308 g/mol. The van der Waals surface area contributed by atoms with Crippen molar-refractivity contribution in [1.82, 2.24) is 9.80 Å². The van der Waals surface area contributed by atoms with Crippen LogP contribution in [0.5, 0.6) is 0 Å². The molecule has 1 saturated heterocycles. The maximum Gasteiger partial charge on any atom is 0.234 e. The summed E-state index contributed by atoms with van der Waals surface area (Å²) in [6, 6.07) is 0. The number of hydrogen-bond donors (Lipinski definition) is 0. The van der Waals surface area contributed by atoms with Crippen LogP contribution in [0.2, 0.25) is 0 Å². The zero-order chi connectivity index (χ0) is 16.9. The molecule has 2 atom stereocenters. The quantitative estimate of drug-likeness (QED) is 0.750. The lowest BCUT2D eigenvalue weighted by atomic mass is 9.51. The van der Waals surface area contributed by atoms with E-state index in [1.54, 1.807) is 7.05 Å². The van der Waals surface area contributed by atoms with Gasteiger partial charge in [-0.25, -0.2) is 0 Å². The van der Waals surface area contributed by atoms with Crippen molar-refractivity contribution in [1.29, 1.82) is 0 Å². The second-order valence-corrected chi connectivity index (χ2v) is 7.86. The van der Waals surface area contributed by atoms with Gasteiger partial charge in [-0.15, -0.1) is 0 Å². The van der Waals surface area contributed by atoms with Crippen molar-refractivity contribution in [2.45, 2.75) is 53.9 Å². The normalized spacial score (nSPS) is 38.2. The van der Waals surface area contributed by atoms with Gasteiger partial charge < -0.3 is 4.90 Å². The van der Waals surface area contributed by atoms with Crippen molar-refractivity contribution in [3.05, 3.63) is 0 Å². The fraction of sp³-hybridized carbons (Fsp3) is 0.824. The number of piperidine rings is 1. The van der Waals surface area contributed by atoms with Crippen molar-refractivity contribution in [3.8, 4) is 0 Å². The SMILES string of the molecule is CCN(CC)C(=O)C1(C)CC2(C)CC(C)(C1)C(=O)N(C)C2=O. The lowest BCUT2D eigenvalue weighted by molar-refractivity contribution is -0.180. The minimum Gasteiger partial charge on any atom is -0.343 e. The van der Waals surface area contributed by atoms with Crippen molar-refractivity contribution >= 4 is 17.7 Å². The third-order valence-electron chi connectivity index (χ3n) is 5.55. The van der Waals surface area contributed by atoms with Gasteiger partial charge in [0.15, 0.2) is 0 Å². The molecule has 1 aliphatic heterocycles. The molecule has 5 nitrogen and oxygen atoms in total. The Morgan fingerprint density at radius 3 is 1.77 bits per heavy atom. The first-order chi connectivity index (χ1) is 10.0. The predicted octanol–water partition coefficient (Wildman–Crippen LogP) is 2.06. The summed E-state index contributed by atoms with van der Waals surface area (Å²) in [6.45, 7) is 11.0. The molecule has 2 aliphatic rings. The standard InChI is InChI=1S/C17H28N2O3/c1-7-19(8-2)14(22)17(5)10-15(3)9-16(4,11-17)13(21)18(6)12(15)20/h7-11H2,1-6H3. The van der Waals surface area contributed by atoms with Crippen LogP contribution in [0.4, 0.5) is 0 Å². The Morgan fingerprint density at radius 2 is 1.41 bits per heavy atom. The maximum absolute atomic E-state index is 13.0. The van der Waals surface area contributed by atoms with Crippen molar-refractivity contribution in [2.24, 2.45) is 16.2 Å². The van der Waals surface area contributed by atoms with Crippen LogP contribution in [0.1, 0.15) is 53.9 Å². The number of nitrogens with zero attached hydrogens (tertiary/aromatic N) is 2. The summed E-state index contributed by atoms with van der Waals surface area (Å²) in [5.74, 6) is -0.221. The first-order valence-corrected chi connectivity index (χ1v) is 8.15. The van der Waals surface area contributed by atoms with E-state index in [1.807, 2.05) is 39.5 Å². The average molecular weight is 308 g/mol. The highest BCUT2D eigenvalue weighted by atomic mass is 16.2. The van der Waals surface area contributed by atoms with Gasteiger partial charge in [0, 0.05) is 36.4 Å². The number of likely N-dealkylation sites (tertiary alicyclic amines) is 1. The van der Waals surface area contributed by atoms with Gasteiger partial charge in [-0.1, -0.05) is 20.8 Å². The second kappa shape index (κ2) is 5.07. The molecule has 0 radical (unpaired) electrons. The van der Waals surface area contributed by atoms with Gasteiger partial charge in [0.05, 0.1) is 0 Å². The highest BCUT2D eigenvalue weighted by Gasteiger charge is 2.62. The van der Waals surface area contributed by atoms with Crippen LogP contribution < -0.4 is 0 Å².